The zero-order chi connectivity index (χ0) is 9.35. The molecule has 1 aliphatic heterocycles. The molecule has 1 rings (SSSR count). The third-order valence-electron chi connectivity index (χ3n) is 2.32. The molecule has 1 unspecified atom stereocenters. The smallest absolute Gasteiger partial charge is 0.222 e. The summed E-state index contributed by atoms with van der Waals surface area (Å²) in [6, 6.07) is 0. The standard InChI is InChI=1S/C10H19NO/c1-10(2,3)6-8-5-9(12)11(4)7-8/h8H,5-7H2,1-4H3. The summed E-state index contributed by atoms with van der Waals surface area (Å²) in [6.07, 6.45) is 1.91. The number of hydrogen-bond acceptors (Lipinski definition) is 1. The average Bonchev–Trinajstić information content (AvgIpc) is 2.07. The number of hydrogen-bond donors (Lipinski definition) is 0. The zero-order valence-electron chi connectivity index (χ0n) is 8.55. The third kappa shape index (κ3) is 2.50. The Balaban J connectivity index is 2.43. The highest BCUT2D eigenvalue weighted by atomic mass is 16.2. The first-order valence-electron chi connectivity index (χ1n) is 4.62. The van der Waals surface area contributed by atoms with Crippen molar-refractivity contribution in [3.8, 4) is 0 Å². The van der Waals surface area contributed by atoms with Gasteiger partial charge in [-0.25, -0.2) is 0 Å². The van der Waals surface area contributed by atoms with E-state index in [-0.39, 0.29) is 0 Å². The highest BCUT2D eigenvalue weighted by molar-refractivity contribution is 5.78. The Kier molecular flexibility index (Phi) is 2.45. The second kappa shape index (κ2) is 3.08. The summed E-state index contributed by atoms with van der Waals surface area (Å²) in [6.45, 7) is 7.65. The van der Waals surface area contributed by atoms with Crippen LogP contribution in [-0.2, 0) is 4.79 Å². The van der Waals surface area contributed by atoms with E-state index in [1.165, 1.54) is 0 Å². The van der Waals surface area contributed by atoms with Crippen molar-refractivity contribution in [2.45, 2.75) is 33.6 Å². The van der Waals surface area contributed by atoms with Gasteiger partial charge in [-0.15, -0.1) is 0 Å². The Labute approximate surface area is 74.9 Å². The lowest BCUT2D eigenvalue weighted by molar-refractivity contribution is -0.126. The molecule has 1 aliphatic rings. The summed E-state index contributed by atoms with van der Waals surface area (Å²) < 4.78 is 0. The molecule has 1 heterocycles. The van der Waals surface area contributed by atoms with Crippen molar-refractivity contribution >= 4 is 5.91 Å². The maximum atomic E-state index is 11.2. The number of nitrogens with zero attached hydrogens (tertiary/aromatic N) is 1. The van der Waals surface area contributed by atoms with Crippen LogP contribution in [-0.4, -0.2) is 24.4 Å². The van der Waals surface area contributed by atoms with Crippen LogP contribution in [0.3, 0.4) is 0 Å². The van der Waals surface area contributed by atoms with Crippen molar-refractivity contribution in [2.75, 3.05) is 13.6 Å². The molecule has 0 saturated carbocycles. The molecule has 0 aromatic rings. The number of likely N-dealkylation sites (tertiary alicyclic amines) is 1. The van der Waals surface area contributed by atoms with Crippen molar-refractivity contribution in [1.29, 1.82) is 0 Å². The molecule has 0 spiro atoms. The van der Waals surface area contributed by atoms with Crippen molar-refractivity contribution in [3.63, 3.8) is 0 Å². The van der Waals surface area contributed by atoms with E-state index >= 15 is 0 Å². The third-order valence-corrected chi connectivity index (χ3v) is 2.32. The van der Waals surface area contributed by atoms with Gasteiger partial charge in [-0.2, -0.15) is 0 Å². The van der Waals surface area contributed by atoms with E-state index in [1.807, 2.05) is 11.9 Å². The van der Waals surface area contributed by atoms with Crippen LogP contribution < -0.4 is 0 Å². The first-order chi connectivity index (χ1) is 5.38. The lowest BCUT2D eigenvalue weighted by Crippen LogP contribution is -2.20. The molecule has 0 aliphatic carbocycles. The SMILES string of the molecule is CN1CC(CC(C)(C)C)CC1=O. The van der Waals surface area contributed by atoms with Gasteiger partial charge in [-0.1, -0.05) is 20.8 Å². The molecule has 1 atom stereocenters. The molecule has 0 N–H and O–H groups in total. The molecule has 0 aromatic heterocycles. The lowest BCUT2D eigenvalue weighted by atomic mass is 9.84. The van der Waals surface area contributed by atoms with Crippen molar-refractivity contribution in [2.24, 2.45) is 11.3 Å². The van der Waals surface area contributed by atoms with Crippen LogP contribution in [0.2, 0.25) is 0 Å². The van der Waals surface area contributed by atoms with E-state index in [9.17, 15) is 4.79 Å². The van der Waals surface area contributed by atoms with Crippen LogP contribution in [0.4, 0.5) is 0 Å². The minimum atomic E-state index is 0.309. The first kappa shape index (κ1) is 9.56. The van der Waals surface area contributed by atoms with Crippen LogP contribution >= 0.6 is 0 Å². The maximum Gasteiger partial charge on any atom is 0.222 e. The van der Waals surface area contributed by atoms with Gasteiger partial charge < -0.3 is 4.90 Å². The first-order valence-corrected chi connectivity index (χ1v) is 4.62. The van der Waals surface area contributed by atoms with Crippen molar-refractivity contribution in [3.05, 3.63) is 0 Å². The molecular weight excluding hydrogens is 150 g/mol. The Morgan fingerprint density at radius 3 is 2.42 bits per heavy atom. The van der Waals surface area contributed by atoms with Crippen molar-refractivity contribution in [1.82, 2.24) is 4.90 Å². The molecule has 2 nitrogen and oxygen atoms in total. The minimum absolute atomic E-state index is 0.309. The number of rotatable bonds is 1. The summed E-state index contributed by atoms with van der Waals surface area (Å²) in [5.41, 5.74) is 0.357. The highest BCUT2D eigenvalue weighted by Crippen LogP contribution is 2.30. The largest absolute Gasteiger partial charge is 0.345 e. The van der Waals surface area contributed by atoms with Crippen LogP contribution in [0, 0.1) is 11.3 Å². The van der Waals surface area contributed by atoms with Crippen LogP contribution in [0.15, 0.2) is 0 Å². The molecule has 12 heavy (non-hydrogen) atoms. The van der Waals surface area contributed by atoms with Gasteiger partial charge in [0.25, 0.3) is 0 Å². The molecule has 0 aromatic carbocycles. The molecule has 1 saturated heterocycles. The Hall–Kier alpha value is -0.530. The Morgan fingerprint density at radius 2 is 2.08 bits per heavy atom. The van der Waals surface area contributed by atoms with E-state index in [2.05, 4.69) is 20.8 Å². The monoisotopic (exact) mass is 169 g/mol. The fourth-order valence-electron chi connectivity index (χ4n) is 1.96. The van der Waals surface area contributed by atoms with Gasteiger partial charge in [-0.3, -0.25) is 4.79 Å². The fourth-order valence-corrected chi connectivity index (χ4v) is 1.96. The summed E-state index contributed by atoms with van der Waals surface area (Å²) in [7, 11) is 1.89. The van der Waals surface area contributed by atoms with Crippen LogP contribution in [0.25, 0.3) is 0 Å². The van der Waals surface area contributed by atoms with E-state index in [4.69, 9.17) is 0 Å². The predicted octanol–water partition coefficient (Wildman–Crippen LogP) is 1.90. The van der Waals surface area contributed by atoms with Gasteiger partial charge in [0.1, 0.15) is 0 Å². The average molecular weight is 169 g/mol. The van der Waals surface area contributed by atoms with Gasteiger partial charge in [0.15, 0.2) is 0 Å². The molecule has 2 heteroatoms. The Morgan fingerprint density at radius 1 is 1.50 bits per heavy atom. The van der Waals surface area contributed by atoms with Gasteiger partial charge >= 0.3 is 0 Å². The summed E-state index contributed by atoms with van der Waals surface area (Å²) >= 11 is 0. The summed E-state index contributed by atoms with van der Waals surface area (Å²) in [4.78, 5) is 13.0. The van der Waals surface area contributed by atoms with Gasteiger partial charge in [0.2, 0.25) is 5.91 Å². The van der Waals surface area contributed by atoms with E-state index in [1.54, 1.807) is 0 Å². The van der Waals surface area contributed by atoms with Crippen LogP contribution in [0.5, 0.6) is 0 Å². The minimum Gasteiger partial charge on any atom is -0.345 e. The molecule has 1 fully saturated rings. The molecule has 0 bridgehead atoms. The molecule has 1 amide bonds. The predicted molar refractivity (Wildman–Crippen MR) is 49.8 cm³/mol. The number of carbonyl (C=O) groups is 1. The lowest BCUT2D eigenvalue weighted by Gasteiger charge is -2.22. The number of carbonyl (C=O) groups excluding carboxylic acids is 1. The molecule has 0 radical (unpaired) electrons. The van der Waals surface area contributed by atoms with Crippen molar-refractivity contribution < 1.29 is 4.79 Å². The summed E-state index contributed by atoms with van der Waals surface area (Å²) in [5, 5.41) is 0. The zero-order valence-corrected chi connectivity index (χ0v) is 8.55. The highest BCUT2D eigenvalue weighted by Gasteiger charge is 2.29. The quantitative estimate of drug-likeness (QED) is 0.587. The molecular formula is C10H19NO. The molecule has 70 valence electrons. The van der Waals surface area contributed by atoms with Gasteiger partial charge in [0, 0.05) is 20.0 Å². The second-order valence-electron chi connectivity index (χ2n) is 5.11. The van der Waals surface area contributed by atoms with Gasteiger partial charge in [-0.05, 0) is 17.8 Å². The van der Waals surface area contributed by atoms with E-state index in [0.717, 1.165) is 19.4 Å². The Bertz CT molecular complexity index is 181. The topological polar surface area (TPSA) is 20.3 Å². The number of amides is 1. The second-order valence-corrected chi connectivity index (χ2v) is 5.11. The fraction of sp³-hybridized carbons (Fsp3) is 0.900. The van der Waals surface area contributed by atoms with Crippen LogP contribution in [0.1, 0.15) is 33.6 Å². The van der Waals surface area contributed by atoms with E-state index < -0.39 is 0 Å². The maximum absolute atomic E-state index is 11.2. The van der Waals surface area contributed by atoms with Gasteiger partial charge in [0.05, 0.1) is 0 Å². The summed E-state index contributed by atoms with van der Waals surface area (Å²) in [5.74, 6) is 0.895. The normalized spacial score (nSPS) is 25.2. The van der Waals surface area contributed by atoms with E-state index in [0.29, 0.717) is 17.2 Å².